The molecular weight excluding hydrogens is 673 g/mol. The van der Waals surface area contributed by atoms with E-state index in [1.165, 1.54) is 6.07 Å². The highest BCUT2D eigenvalue weighted by atomic mass is 35.5. The molecule has 1 aliphatic rings. The van der Waals surface area contributed by atoms with E-state index in [4.69, 9.17) is 33.0 Å². The summed E-state index contributed by atoms with van der Waals surface area (Å²) in [4.78, 5) is 33.2. The second kappa shape index (κ2) is 12.8. The van der Waals surface area contributed by atoms with Crippen LogP contribution in [0.4, 0.5) is 5.69 Å². The molecule has 1 atom stereocenters. The minimum absolute atomic E-state index is 0.0869. The molecule has 0 saturated heterocycles. The molecule has 50 heavy (non-hydrogen) atoms. The van der Waals surface area contributed by atoms with Gasteiger partial charge in [0.25, 0.3) is 5.91 Å². The molecule has 4 heterocycles. The number of aryl methyl sites for hydroxylation is 5. The summed E-state index contributed by atoms with van der Waals surface area (Å²) in [5.41, 5.74) is 9.00. The third-order valence-electron chi connectivity index (χ3n) is 9.83. The second-order valence-electron chi connectivity index (χ2n) is 13.1. The van der Waals surface area contributed by atoms with E-state index in [-0.39, 0.29) is 17.5 Å². The molecule has 11 heteroatoms. The zero-order valence-electron chi connectivity index (χ0n) is 28.8. The summed E-state index contributed by atoms with van der Waals surface area (Å²) in [6.45, 7) is 10.9. The van der Waals surface area contributed by atoms with Crippen LogP contribution in [-0.2, 0) is 20.0 Å². The number of carbonyl (C=O) groups is 2. The third kappa shape index (κ3) is 5.40. The van der Waals surface area contributed by atoms with E-state index in [1.807, 2.05) is 76.7 Å². The number of amides is 1. The first-order valence-electron chi connectivity index (χ1n) is 16.6. The van der Waals surface area contributed by atoms with Gasteiger partial charge in [-0.3, -0.25) is 14.5 Å². The molecule has 3 aromatic heterocycles. The van der Waals surface area contributed by atoms with E-state index in [9.17, 15) is 14.7 Å². The molecule has 0 radical (unpaired) electrons. The molecule has 1 N–H and O–H groups in total. The summed E-state index contributed by atoms with van der Waals surface area (Å²) in [5.74, 6) is -0.488. The van der Waals surface area contributed by atoms with Gasteiger partial charge in [0.15, 0.2) is 0 Å². The van der Waals surface area contributed by atoms with Gasteiger partial charge in [0.2, 0.25) is 0 Å². The standard InChI is InChI=1S/C39H37Cl2N5O4/c1-20-17-25(18-21(2)34(20)41)50-16-8-10-26-27-11-13-30(40)33(32-23(4)43-44(6)24(32)5)36(27)45-19-22(3)46(38(47)37(26)45)31-14-12-29(39(48)49)35-28(31)9-7-15-42-35/h7,9,11-15,17-18,22H,8,10,16,19H2,1-6H3,(H,48,49). The minimum atomic E-state index is -1.07. The van der Waals surface area contributed by atoms with Crippen LogP contribution in [0, 0.1) is 27.7 Å². The van der Waals surface area contributed by atoms with Gasteiger partial charge in [-0.15, -0.1) is 0 Å². The topological polar surface area (TPSA) is 102 Å². The number of pyridine rings is 1. The third-order valence-corrected chi connectivity index (χ3v) is 10.7. The van der Waals surface area contributed by atoms with Crippen LogP contribution in [0.15, 0.2) is 54.7 Å². The lowest BCUT2D eigenvalue weighted by Crippen LogP contribution is -2.47. The smallest absolute Gasteiger partial charge is 0.337 e. The van der Waals surface area contributed by atoms with Crippen molar-refractivity contribution in [2.45, 2.75) is 60.0 Å². The van der Waals surface area contributed by atoms with Crippen molar-refractivity contribution < 1.29 is 19.4 Å². The lowest BCUT2D eigenvalue weighted by Gasteiger charge is -2.36. The van der Waals surface area contributed by atoms with E-state index in [0.29, 0.717) is 53.3 Å². The number of fused-ring (bicyclic) bond motifs is 4. The number of rotatable bonds is 8. The molecule has 0 fully saturated rings. The van der Waals surface area contributed by atoms with Gasteiger partial charge in [0.1, 0.15) is 11.4 Å². The number of anilines is 1. The van der Waals surface area contributed by atoms with Crippen molar-refractivity contribution in [3.05, 3.63) is 104 Å². The molecule has 1 aliphatic heterocycles. The molecule has 256 valence electrons. The number of ether oxygens (including phenoxy) is 1. The maximum Gasteiger partial charge on any atom is 0.337 e. The number of benzene rings is 3. The summed E-state index contributed by atoms with van der Waals surface area (Å²) in [6.07, 6.45) is 2.79. The molecule has 9 nitrogen and oxygen atoms in total. The van der Waals surface area contributed by atoms with Crippen LogP contribution in [0.25, 0.3) is 32.9 Å². The van der Waals surface area contributed by atoms with Crippen molar-refractivity contribution in [3.63, 3.8) is 0 Å². The molecule has 0 aliphatic carbocycles. The maximum absolute atomic E-state index is 15.0. The van der Waals surface area contributed by atoms with E-state index in [2.05, 4.69) is 9.55 Å². The summed E-state index contributed by atoms with van der Waals surface area (Å²) >= 11 is 13.4. The molecule has 0 spiro atoms. The quantitative estimate of drug-likeness (QED) is 0.158. The number of carbonyl (C=O) groups excluding carboxylic acids is 1. The zero-order valence-corrected chi connectivity index (χ0v) is 30.3. The van der Waals surface area contributed by atoms with Crippen LogP contribution in [-0.4, -0.2) is 49.0 Å². The summed E-state index contributed by atoms with van der Waals surface area (Å²) in [6, 6.07) is 14.3. The molecular formula is C39H37Cl2N5O4. The fourth-order valence-corrected chi connectivity index (χ4v) is 7.88. The first kappa shape index (κ1) is 33.6. The maximum atomic E-state index is 15.0. The Balaban J connectivity index is 1.38. The predicted octanol–water partition coefficient (Wildman–Crippen LogP) is 8.89. The first-order valence-corrected chi connectivity index (χ1v) is 17.3. The Bertz CT molecular complexity index is 2350. The Morgan fingerprint density at radius 3 is 2.44 bits per heavy atom. The van der Waals surface area contributed by atoms with Gasteiger partial charge in [-0.05, 0) is 107 Å². The van der Waals surface area contributed by atoms with E-state index in [1.54, 1.807) is 23.2 Å². The number of carboxylic acids is 1. The normalized spacial score (nSPS) is 14.5. The minimum Gasteiger partial charge on any atom is -0.494 e. The van der Waals surface area contributed by atoms with Crippen LogP contribution in [0.1, 0.15) is 62.3 Å². The van der Waals surface area contributed by atoms with Gasteiger partial charge in [-0.25, -0.2) is 4.79 Å². The Hall–Kier alpha value is -4.86. The monoisotopic (exact) mass is 709 g/mol. The molecule has 0 bridgehead atoms. The largest absolute Gasteiger partial charge is 0.494 e. The molecule has 7 rings (SSSR count). The molecule has 3 aromatic carbocycles. The SMILES string of the molecule is Cc1cc(OCCCc2c3n(c4c(-c5c(C)nn(C)c5C)c(Cl)ccc24)CC(C)N(c2ccc(C(=O)O)c4ncccc24)C3=O)cc(C)c1Cl. The van der Waals surface area contributed by atoms with Gasteiger partial charge in [0.05, 0.1) is 45.6 Å². The van der Waals surface area contributed by atoms with Gasteiger partial charge in [-0.1, -0.05) is 29.3 Å². The van der Waals surface area contributed by atoms with Crippen molar-refractivity contribution in [2.24, 2.45) is 7.05 Å². The fourth-order valence-electron chi connectivity index (χ4n) is 7.52. The summed E-state index contributed by atoms with van der Waals surface area (Å²) in [7, 11) is 1.92. The Morgan fingerprint density at radius 2 is 1.76 bits per heavy atom. The van der Waals surface area contributed by atoms with Gasteiger partial charge in [0, 0.05) is 52.4 Å². The number of hydrogen-bond donors (Lipinski definition) is 1. The first-order chi connectivity index (χ1) is 23.9. The molecule has 1 unspecified atom stereocenters. The highest BCUT2D eigenvalue weighted by molar-refractivity contribution is 6.35. The highest BCUT2D eigenvalue weighted by Gasteiger charge is 2.38. The zero-order chi connectivity index (χ0) is 35.6. The van der Waals surface area contributed by atoms with Gasteiger partial charge in [-0.2, -0.15) is 5.10 Å². The summed E-state index contributed by atoms with van der Waals surface area (Å²) < 4.78 is 10.2. The average Bonchev–Trinajstić information content (AvgIpc) is 3.52. The van der Waals surface area contributed by atoms with Gasteiger partial charge >= 0.3 is 5.97 Å². The van der Waals surface area contributed by atoms with E-state index >= 15 is 0 Å². The molecule has 0 saturated carbocycles. The van der Waals surface area contributed by atoms with Crippen LogP contribution < -0.4 is 9.64 Å². The number of nitrogens with zero attached hydrogens (tertiary/aromatic N) is 5. The van der Waals surface area contributed by atoms with E-state index < -0.39 is 5.97 Å². The summed E-state index contributed by atoms with van der Waals surface area (Å²) in [5, 5.41) is 17.4. The molecule has 6 aromatic rings. The Labute approximate surface area is 300 Å². The number of aromatic carboxylic acids is 1. The van der Waals surface area contributed by atoms with Crippen molar-refractivity contribution >= 4 is 62.6 Å². The second-order valence-corrected chi connectivity index (χ2v) is 13.9. The lowest BCUT2D eigenvalue weighted by atomic mass is 9.98. The number of carboxylic acid groups (broad SMARTS) is 1. The van der Waals surface area contributed by atoms with Crippen LogP contribution in [0.3, 0.4) is 0 Å². The van der Waals surface area contributed by atoms with Crippen molar-refractivity contribution in [1.29, 1.82) is 0 Å². The Morgan fingerprint density at radius 1 is 1.02 bits per heavy atom. The lowest BCUT2D eigenvalue weighted by molar-refractivity contribution is 0.0698. The van der Waals surface area contributed by atoms with E-state index in [0.717, 1.165) is 60.9 Å². The Kier molecular flexibility index (Phi) is 8.60. The van der Waals surface area contributed by atoms with Crippen LogP contribution in [0.5, 0.6) is 5.75 Å². The fraction of sp³-hybridized carbons (Fsp3) is 0.282. The number of hydrogen-bond acceptors (Lipinski definition) is 5. The van der Waals surface area contributed by atoms with Crippen molar-refractivity contribution in [3.8, 4) is 16.9 Å². The van der Waals surface area contributed by atoms with Crippen molar-refractivity contribution in [2.75, 3.05) is 11.5 Å². The van der Waals surface area contributed by atoms with Crippen LogP contribution in [0.2, 0.25) is 10.0 Å². The van der Waals surface area contributed by atoms with Gasteiger partial charge < -0.3 is 19.3 Å². The number of aromatic nitrogens is 4. The predicted molar refractivity (Wildman–Crippen MR) is 198 cm³/mol. The average molecular weight is 711 g/mol. The number of halogens is 2. The van der Waals surface area contributed by atoms with Crippen LogP contribution >= 0.6 is 23.2 Å². The highest BCUT2D eigenvalue weighted by Crippen LogP contribution is 2.44. The van der Waals surface area contributed by atoms with Crippen molar-refractivity contribution in [1.82, 2.24) is 19.3 Å². The molecule has 1 amide bonds.